The fraction of sp³-hybridized carbons (Fsp3) is 0.132. The summed E-state index contributed by atoms with van der Waals surface area (Å²) in [6.07, 6.45) is 1.96. The van der Waals surface area contributed by atoms with Gasteiger partial charge in [-0.3, -0.25) is 4.57 Å². The molecule has 354 valence electrons. The molecule has 0 unspecified atom stereocenters. The molecule has 1 N–H and O–H groups in total. The minimum Gasteiger partial charge on any atom is -0.457 e. The molecule has 1 spiro atoms. The van der Waals surface area contributed by atoms with Crippen molar-refractivity contribution in [2.24, 2.45) is 0 Å². The third-order valence-corrected chi connectivity index (χ3v) is 15.7. The molecule has 0 saturated heterocycles. The average Bonchev–Trinajstić information content (AvgIpc) is 3.95. The SMILES string of the molecule is CN(c1ccccc1Nc1cccc(Oc2cc3c4c5c(cccc5n(-c5cc(C(C)(C)C)ccn5)c4c2)C32c3ccccc3C(C)(C)c3ccccc32)c1)c1c(-c2ccccc2)cccc1-c1ccccc1. The smallest absolute Gasteiger partial charge is 0.137 e. The lowest BCUT2D eigenvalue weighted by Crippen LogP contribution is -2.40. The van der Waals surface area contributed by atoms with Crippen LogP contribution in [0.15, 0.2) is 225 Å². The first-order valence-corrected chi connectivity index (χ1v) is 25.4. The molecule has 0 aliphatic heterocycles. The predicted octanol–water partition coefficient (Wildman–Crippen LogP) is 17.4. The lowest BCUT2D eigenvalue weighted by Gasteiger charge is -2.47. The standard InChI is InChI=1S/C68H56N4O/c1-66(2,3)46-38-39-69-62(40-46)72-60-37-21-34-56-63(60)64-57(68(56)54-32-15-13-30-52(54)67(4,5)53-31-14-16-33-55(53)68)42-49(43-61(64)72)73-48-27-19-26-47(41-48)70-58-35-17-18-36-59(58)71(6)65-50(44-22-9-7-10-23-44)28-20-29-51(65)45-24-11-8-12-25-45/h7-43,70H,1-6H3. The number of aromatic nitrogens is 2. The highest BCUT2D eigenvalue weighted by Crippen LogP contribution is 2.63. The fourth-order valence-corrected chi connectivity index (χ4v) is 12.3. The van der Waals surface area contributed by atoms with Crippen molar-refractivity contribution in [2.45, 2.75) is 50.9 Å². The zero-order valence-electron chi connectivity index (χ0n) is 42.1. The molecule has 2 aromatic heterocycles. The van der Waals surface area contributed by atoms with E-state index < -0.39 is 5.41 Å². The first kappa shape index (κ1) is 44.3. The van der Waals surface area contributed by atoms with Crippen LogP contribution < -0.4 is 15.0 Å². The Kier molecular flexibility index (Phi) is 10.1. The van der Waals surface area contributed by atoms with Crippen LogP contribution in [-0.2, 0) is 16.2 Å². The third kappa shape index (κ3) is 6.86. The molecule has 2 aliphatic carbocycles. The Hall–Kier alpha value is -8.67. The summed E-state index contributed by atoms with van der Waals surface area (Å²) in [5.41, 5.74) is 19.1. The number of para-hydroxylation sites is 3. The molecule has 2 heterocycles. The highest BCUT2D eigenvalue weighted by molar-refractivity contribution is 6.18. The van der Waals surface area contributed by atoms with E-state index in [4.69, 9.17) is 9.72 Å². The highest BCUT2D eigenvalue weighted by atomic mass is 16.5. The van der Waals surface area contributed by atoms with Gasteiger partial charge in [-0.15, -0.1) is 0 Å². The summed E-state index contributed by atoms with van der Waals surface area (Å²) in [5, 5.41) is 6.34. The van der Waals surface area contributed by atoms with Crippen molar-refractivity contribution in [1.29, 1.82) is 0 Å². The minimum absolute atomic E-state index is 0.0583. The molecular formula is C68H56N4O. The minimum atomic E-state index is -0.580. The van der Waals surface area contributed by atoms with Gasteiger partial charge in [0.05, 0.1) is 33.5 Å². The van der Waals surface area contributed by atoms with E-state index in [-0.39, 0.29) is 10.8 Å². The Morgan fingerprint density at radius 3 is 1.75 bits per heavy atom. The van der Waals surface area contributed by atoms with Crippen LogP contribution in [0.25, 0.3) is 49.9 Å². The Morgan fingerprint density at radius 2 is 1.08 bits per heavy atom. The second-order valence-electron chi connectivity index (χ2n) is 21.3. The van der Waals surface area contributed by atoms with Gasteiger partial charge in [0.15, 0.2) is 0 Å². The largest absolute Gasteiger partial charge is 0.457 e. The molecular weight excluding hydrogens is 889 g/mol. The summed E-state index contributed by atoms with van der Waals surface area (Å²) in [5.74, 6) is 2.39. The van der Waals surface area contributed by atoms with Gasteiger partial charge >= 0.3 is 0 Å². The number of rotatable bonds is 9. The van der Waals surface area contributed by atoms with E-state index in [1.54, 1.807) is 0 Å². The van der Waals surface area contributed by atoms with Crippen molar-refractivity contribution in [2.75, 3.05) is 17.3 Å². The number of anilines is 4. The van der Waals surface area contributed by atoms with Gasteiger partial charge in [-0.1, -0.05) is 192 Å². The third-order valence-electron chi connectivity index (χ3n) is 15.7. The van der Waals surface area contributed by atoms with Crippen molar-refractivity contribution in [3.8, 4) is 39.6 Å². The fourth-order valence-electron chi connectivity index (χ4n) is 12.3. The molecule has 5 nitrogen and oxygen atoms in total. The number of pyridine rings is 1. The van der Waals surface area contributed by atoms with Gasteiger partial charge in [-0.2, -0.15) is 0 Å². The van der Waals surface area contributed by atoms with Crippen molar-refractivity contribution < 1.29 is 4.74 Å². The number of hydrogen-bond donors (Lipinski definition) is 1. The number of nitrogens with one attached hydrogen (secondary N) is 1. The van der Waals surface area contributed by atoms with E-state index >= 15 is 0 Å². The first-order chi connectivity index (χ1) is 35.5. The van der Waals surface area contributed by atoms with Crippen molar-refractivity contribution >= 4 is 44.6 Å². The monoisotopic (exact) mass is 944 g/mol. The number of ether oxygens (including phenoxy) is 1. The van der Waals surface area contributed by atoms with Crippen molar-refractivity contribution in [3.05, 3.63) is 264 Å². The average molecular weight is 945 g/mol. The van der Waals surface area contributed by atoms with Gasteiger partial charge in [0.25, 0.3) is 0 Å². The van der Waals surface area contributed by atoms with Gasteiger partial charge in [-0.25, -0.2) is 4.98 Å². The van der Waals surface area contributed by atoms with Crippen LogP contribution in [-0.4, -0.2) is 16.6 Å². The quantitative estimate of drug-likeness (QED) is 0.157. The second-order valence-corrected chi connectivity index (χ2v) is 21.3. The van der Waals surface area contributed by atoms with Crippen LogP contribution in [0.2, 0.25) is 0 Å². The molecule has 0 saturated carbocycles. The lowest BCUT2D eigenvalue weighted by molar-refractivity contribution is 0.481. The Labute approximate surface area is 428 Å². The van der Waals surface area contributed by atoms with E-state index in [1.807, 2.05) is 6.20 Å². The van der Waals surface area contributed by atoms with Gasteiger partial charge < -0.3 is 15.0 Å². The van der Waals surface area contributed by atoms with E-state index in [2.05, 4.69) is 275 Å². The molecule has 9 aromatic carbocycles. The van der Waals surface area contributed by atoms with E-state index in [0.29, 0.717) is 0 Å². The number of hydrogen-bond acceptors (Lipinski definition) is 4. The molecule has 73 heavy (non-hydrogen) atoms. The van der Waals surface area contributed by atoms with E-state index in [0.717, 1.165) is 73.4 Å². The molecule has 13 rings (SSSR count). The maximum Gasteiger partial charge on any atom is 0.137 e. The first-order valence-electron chi connectivity index (χ1n) is 25.4. The number of nitrogens with zero attached hydrogens (tertiary/aromatic N) is 3. The van der Waals surface area contributed by atoms with Gasteiger partial charge in [0.2, 0.25) is 0 Å². The second kappa shape index (κ2) is 16.7. The van der Waals surface area contributed by atoms with Crippen LogP contribution in [0.3, 0.4) is 0 Å². The summed E-state index contributed by atoms with van der Waals surface area (Å²) >= 11 is 0. The topological polar surface area (TPSA) is 42.3 Å². The van der Waals surface area contributed by atoms with Crippen molar-refractivity contribution in [1.82, 2.24) is 9.55 Å². The van der Waals surface area contributed by atoms with E-state index in [9.17, 15) is 0 Å². The number of benzene rings is 9. The molecule has 0 bridgehead atoms. The Bertz CT molecular complexity index is 3850. The summed E-state index contributed by atoms with van der Waals surface area (Å²) in [4.78, 5) is 7.41. The molecule has 0 atom stereocenters. The van der Waals surface area contributed by atoms with Crippen LogP contribution >= 0.6 is 0 Å². The zero-order chi connectivity index (χ0) is 49.6. The molecule has 5 heteroatoms. The van der Waals surface area contributed by atoms with Crippen LogP contribution in [0.1, 0.15) is 73.6 Å². The zero-order valence-corrected chi connectivity index (χ0v) is 42.1. The molecule has 2 aliphatic rings. The molecule has 0 amide bonds. The Balaban J connectivity index is 0.949. The Morgan fingerprint density at radius 1 is 0.507 bits per heavy atom. The molecule has 0 fully saturated rings. The lowest BCUT2D eigenvalue weighted by atomic mass is 9.55. The maximum atomic E-state index is 7.20. The van der Waals surface area contributed by atoms with Crippen LogP contribution in [0.4, 0.5) is 22.7 Å². The van der Waals surface area contributed by atoms with Crippen LogP contribution in [0.5, 0.6) is 11.5 Å². The van der Waals surface area contributed by atoms with Crippen molar-refractivity contribution in [3.63, 3.8) is 0 Å². The van der Waals surface area contributed by atoms with Gasteiger partial charge in [-0.05, 0) is 104 Å². The maximum absolute atomic E-state index is 7.20. The summed E-state index contributed by atoms with van der Waals surface area (Å²) in [6, 6.07) is 78.9. The predicted molar refractivity (Wildman–Crippen MR) is 303 cm³/mol. The van der Waals surface area contributed by atoms with E-state index in [1.165, 1.54) is 49.7 Å². The van der Waals surface area contributed by atoms with Gasteiger partial charge in [0.1, 0.15) is 17.3 Å². The van der Waals surface area contributed by atoms with Gasteiger partial charge in [0, 0.05) is 58.4 Å². The summed E-state index contributed by atoms with van der Waals surface area (Å²) in [6.45, 7) is 11.5. The summed E-state index contributed by atoms with van der Waals surface area (Å²) in [7, 11) is 2.17. The molecule has 0 radical (unpaired) electrons. The highest BCUT2D eigenvalue weighted by Gasteiger charge is 2.53. The van der Waals surface area contributed by atoms with Crippen LogP contribution in [0, 0.1) is 0 Å². The summed E-state index contributed by atoms with van der Waals surface area (Å²) < 4.78 is 9.56. The normalized spacial score (nSPS) is 13.8. The molecule has 11 aromatic rings. The number of fused-ring (bicyclic) bond motifs is 6.